The molecule has 3 heterocycles. The highest BCUT2D eigenvalue weighted by Crippen LogP contribution is 2.30. The topological polar surface area (TPSA) is 94.3 Å². The number of hydrogen-bond acceptors (Lipinski definition) is 5. The second-order valence-corrected chi connectivity index (χ2v) is 9.99. The molecule has 0 saturated carbocycles. The van der Waals surface area contributed by atoms with E-state index in [0.29, 0.717) is 39.1 Å². The van der Waals surface area contributed by atoms with Gasteiger partial charge in [0.1, 0.15) is 18.0 Å². The van der Waals surface area contributed by atoms with Crippen LogP contribution in [-0.2, 0) is 6.42 Å². The molecular formula is C29H20Cl2FN7O. The number of halogens is 3. The summed E-state index contributed by atoms with van der Waals surface area (Å²) in [5.41, 5.74) is 4.30. The maximum atomic E-state index is 13.6. The third-order valence-corrected chi connectivity index (χ3v) is 7.05. The Morgan fingerprint density at radius 3 is 2.40 bits per heavy atom. The molecule has 198 valence electrons. The SMILES string of the molecule is O=c1cc(-c2cc(Cl)ccc2-n2cnnn2)ccn1[C@@H](Cc1ccc(F)cc1)c1ncc(-c2ccc(Cl)cc2)[nH]1. The zero-order valence-corrected chi connectivity index (χ0v) is 22.3. The number of benzene rings is 3. The minimum Gasteiger partial charge on any atom is -0.340 e. The van der Waals surface area contributed by atoms with Crippen LogP contribution >= 0.6 is 23.2 Å². The Kier molecular flexibility index (Phi) is 6.98. The first-order valence-electron chi connectivity index (χ1n) is 12.3. The van der Waals surface area contributed by atoms with Gasteiger partial charge in [0, 0.05) is 34.3 Å². The highest BCUT2D eigenvalue weighted by Gasteiger charge is 2.21. The summed E-state index contributed by atoms with van der Waals surface area (Å²) in [6.45, 7) is 0. The van der Waals surface area contributed by atoms with Gasteiger partial charge in [0.15, 0.2) is 0 Å². The molecule has 0 bridgehead atoms. The minimum atomic E-state index is -0.494. The van der Waals surface area contributed by atoms with Crippen LogP contribution in [0.1, 0.15) is 17.4 Å². The zero-order chi connectivity index (χ0) is 27.6. The fourth-order valence-electron chi connectivity index (χ4n) is 4.58. The molecule has 0 amide bonds. The summed E-state index contributed by atoms with van der Waals surface area (Å²) in [5.74, 6) is 0.256. The molecule has 0 aliphatic heterocycles. The monoisotopic (exact) mass is 571 g/mol. The largest absolute Gasteiger partial charge is 0.340 e. The molecule has 3 aromatic heterocycles. The number of aromatic nitrogens is 7. The van der Waals surface area contributed by atoms with Crippen LogP contribution in [-0.4, -0.2) is 34.7 Å². The van der Waals surface area contributed by atoms with Crippen molar-refractivity contribution in [2.75, 3.05) is 0 Å². The van der Waals surface area contributed by atoms with Gasteiger partial charge in [-0.3, -0.25) is 4.79 Å². The molecule has 0 aliphatic rings. The molecule has 0 spiro atoms. The lowest BCUT2D eigenvalue weighted by molar-refractivity contribution is 0.536. The quantitative estimate of drug-likeness (QED) is 0.247. The molecule has 1 N–H and O–H groups in total. The lowest BCUT2D eigenvalue weighted by Crippen LogP contribution is -2.27. The molecule has 0 radical (unpaired) electrons. The van der Waals surface area contributed by atoms with Crippen LogP contribution in [0.25, 0.3) is 28.1 Å². The van der Waals surface area contributed by atoms with E-state index in [2.05, 4.69) is 25.5 Å². The molecule has 1 atom stereocenters. The predicted octanol–water partition coefficient (Wildman–Crippen LogP) is 6.16. The predicted molar refractivity (Wildman–Crippen MR) is 151 cm³/mol. The summed E-state index contributed by atoms with van der Waals surface area (Å²) < 4.78 is 16.7. The number of aromatic amines is 1. The fraction of sp³-hybridized carbons (Fsp3) is 0.0690. The molecule has 0 aliphatic carbocycles. The number of hydrogen-bond donors (Lipinski definition) is 1. The van der Waals surface area contributed by atoms with E-state index in [0.717, 1.165) is 16.8 Å². The van der Waals surface area contributed by atoms with Crippen LogP contribution in [0.4, 0.5) is 4.39 Å². The average molecular weight is 572 g/mol. The number of nitrogens with zero attached hydrogens (tertiary/aromatic N) is 6. The fourth-order valence-corrected chi connectivity index (χ4v) is 4.88. The minimum absolute atomic E-state index is 0.253. The van der Waals surface area contributed by atoms with Crippen LogP contribution in [0.2, 0.25) is 10.0 Å². The first-order valence-corrected chi connectivity index (χ1v) is 13.0. The molecule has 0 unspecified atom stereocenters. The number of tetrazole rings is 1. The van der Waals surface area contributed by atoms with E-state index in [1.165, 1.54) is 23.1 Å². The summed E-state index contributed by atoms with van der Waals surface area (Å²) in [6, 6.07) is 21.8. The van der Waals surface area contributed by atoms with Crippen molar-refractivity contribution < 1.29 is 4.39 Å². The maximum absolute atomic E-state index is 13.6. The molecule has 0 saturated heterocycles. The number of nitrogens with one attached hydrogen (secondary N) is 1. The van der Waals surface area contributed by atoms with Crippen LogP contribution < -0.4 is 5.56 Å². The lowest BCUT2D eigenvalue weighted by atomic mass is 10.0. The number of pyridine rings is 1. The molecule has 6 rings (SSSR count). The smallest absolute Gasteiger partial charge is 0.251 e. The van der Waals surface area contributed by atoms with E-state index in [1.807, 2.05) is 18.2 Å². The summed E-state index contributed by atoms with van der Waals surface area (Å²) >= 11 is 12.4. The first-order chi connectivity index (χ1) is 19.4. The second-order valence-electron chi connectivity index (χ2n) is 9.11. The van der Waals surface area contributed by atoms with E-state index < -0.39 is 6.04 Å². The van der Waals surface area contributed by atoms with Gasteiger partial charge in [-0.25, -0.2) is 9.37 Å². The molecular weight excluding hydrogens is 552 g/mol. The van der Waals surface area contributed by atoms with E-state index in [4.69, 9.17) is 23.2 Å². The van der Waals surface area contributed by atoms with Gasteiger partial charge in [-0.1, -0.05) is 47.5 Å². The van der Waals surface area contributed by atoms with E-state index in [-0.39, 0.29) is 11.4 Å². The lowest BCUT2D eigenvalue weighted by Gasteiger charge is -2.19. The average Bonchev–Trinajstić information content (AvgIpc) is 3.67. The third kappa shape index (κ3) is 5.29. The third-order valence-electron chi connectivity index (χ3n) is 6.56. The Balaban J connectivity index is 1.41. The summed E-state index contributed by atoms with van der Waals surface area (Å²) in [6.07, 6.45) is 5.32. The molecule has 3 aromatic carbocycles. The van der Waals surface area contributed by atoms with Crippen molar-refractivity contribution in [3.63, 3.8) is 0 Å². The molecule has 11 heteroatoms. The van der Waals surface area contributed by atoms with Crippen molar-refractivity contribution in [3.05, 3.63) is 135 Å². The second kappa shape index (κ2) is 10.9. The number of rotatable bonds is 7. The first kappa shape index (κ1) is 25.7. The van der Waals surface area contributed by atoms with Gasteiger partial charge < -0.3 is 9.55 Å². The summed E-state index contributed by atoms with van der Waals surface area (Å²) in [7, 11) is 0. The number of imidazole rings is 1. The Morgan fingerprint density at radius 2 is 1.68 bits per heavy atom. The van der Waals surface area contributed by atoms with Gasteiger partial charge in [0.05, 0.1) is 23.6 Å². The molecule has 40 heavy (non-hydrogen) atoms. The van der Waals surface area contributed by atoms with Gasteiger partial charge >= 0.3 is 0 Å². The van der Waals surface area contributed by atoms with Gasteiger partial charge in [0.2, 0.25) is 0 Å². The number of H-pyrrole nitrogens is 1. The highest BCUT2D eigenvalue weighted by atomic mass is 35.5. The Bertz CT molecular complexity index is 1830. The zero-order valence-electron chi connectivity index (χ0n) is 20.7. The van der Waals surface area contributed by atoms with E-state index in [9.17, 15) is 9.18 Å². The molecule has 8 nitrogen and oxygen atoms in total. The standard InChI is InChI=1S/C29H20Cl2FN7O/c30-21-5-3-19(4-6-21)25-16-33-29(35-25)27(13-18-1-8-23(32)9-2-18)38-12-11-20(14-28(38)40)24-15-22(31)7-10-26(24)39-17-34-36-37-39/h1-12,14-17,27H,13H2,(H,33,35)/t27-/m0/s1. The Labute approximate surface area is 237 Å². The van der Waals surface area contributed by atoms with Crippen molar-refractivity contribution in [3.8, 4) is 28.1 Å². The Morgan fingerprint density at radius 1 is 0.900 bits per heavy atom. The maximum Gasteiger partial charge on any atom is 0.251 e. The van der Waals surface area contributed by atoms with E-state index in [1.54, 1.807) is 65.5 Å². The van der Waals surface area contributed by atoms with E-state index >= 15 is 0 Å². The van der Waals surface area contributed by atoms with Crippen molar-refractivity contribution in [1.82, 2.24) is 34.7 Å². The van der Waals surface area contributed by atoms with Crippen molar-refractivity contribution in [2.24, 2.45) is 0 Å². The van der Waals surface area contributed by atoms with Crippen LogP contribution in [0.3, 0.4) is 0 Å². The normalized spacial score (nSPS) is 12.0. The Hall–Kier alpha value is -4.60. The molecule has 6 aromatic rings. The van der Waals surface area contributed by atoms with Gasteiger partial charge in [-0.15, -0.1) is 5.10 Å². The van der Waals surface area contributed by atoms with Gasteiger partial charge in [-0.2, -0.15) is 4.68 Å². The highest BCUT2D eigenvalue weighted by molar-refractivity contribution is 6.31. The summed E-state index contributed by atoms with van der Waals surface area (Å²) in [4.78, 5) is 21.6. The van der Waals surface area contributed by atoms with Gasteiger partial charge in [0.25, 0.3) is 5.56 Å². The van der Waals surface area contributed by atoms with Crippen molar-refractivity contribution >= 4 is 23.2 Å². The van der Waals surface area contributed by atoms with Crippen LogP contribution in [0, 0.1) is 5.82 Å². The van der Waals surface area contributed by atoms with Gasteiger partial charge in [-0.05, 0) is 75.6 Å². The van der Waals surface area contributed by atoms with Crippen molar-refractivity contribution in [1.29, 1.82) is 0 Å². The van der Waals surface area contributed by atoms with Crippen LogP contribution in [0.15, 0.2) is 102 Å². The molecule has 0 fully saturated rings. The van der Waals surface area contributed by atoms with Crippen LogP contribution in [0.5, 0.6) is 0 Å². The van der Waals surface area contributed by atoms with Crippen molar-refractivity contribution in [2.45, 2.75) is 12.5 Å². The summed E-state index contributed by atoms with van der Waals surface area (Å²) in [5, 5.41) is 12.5.